The fourth-order valence-corrected chi connectivity index (χ4v) is 3.13. The molecule has 142 valence electrons. The Balaban J connectivity index is 2.01. The second-order valence-electron chi connectivity index (χ2n) is 6.16. The highest BCUT2D eigenvalue weighted by molar-refractivity contribution is 9.10. The standard InChI is InChI=1S/C18H21BrF3N3O/c1-4-14(13-7-5-11(2)6-8-13)23-15(26)9-10-25-12(3)16(19)17(24-25)18(20,21)22/h5-8,14H,4,9-10H2,1-3H3,(H,23,26). The number of hydrogen-bond acceptors (Lipinski definition) is 2. The van der Waals surface area contributed by atoms with Gasteiger partial charge in [0.1, 0.15) is 0 Å². The lowest BCUT2D eigenvalue weighted by atomic mass is 10.0. The molecule has 0 aliphatic carbocycles. The molecule has 1 atom stereocenters. The van der Waals surface area contributed by atoms with Crippen molar-refractivity contribution >= 4 is 21.8 Å². The molecule has 1 N–H and O–H groups in total. The van der Waals surface area contributed by atoms with Crippen LogP contribution in [0, 0.1) is 13.8 Å². The highest BCUT2D eigenvalue weighted by Crippen LogP contribution is 2.35. The smallest absolute Gasteiger partial charge is 0.349 e. The molecule has 1 heterocycles. The summed E-state index contributed by atoms with van der Waals surface area (Å²) >= 11 is 2.93. The summed E-state index contributed by atoms with van der Waals surface area (Å²) in [6.07, 6.45) is -3.76. The van der Waals surface area contributed by atoms with Crippen LogP contribution in [0.4, 0.5) is 13.2 Å². The summed E-state index contributed by atoms with van der Waals surface area (Å²) in [5, 5.41) is 6.51. The van der Waals surface area contributed by atoms with Crippen LogP contribution in [0.25, 0.3) is 0 Å². The summed E-state index contributed by atoms with van der Waals surface area (Å²) in [5.41, 5.74) is 1.51. The van der Waals surface area contributed by atoms with Crippen LogP contribution in [-0.2, 0) is 17.5 Å². The van der Waals surface area contributed by atoms with Crippen molar-refractivity contribution in [3.8, 4) is 0 Å². The molecular formula is C18H21BrF3N3O. The quantitative estimate of drug-likeness (QED) is 0.703. The number of benzene rings is 1. The van der Waals surface area contributed by atoms with Crippen LogP contribution in [0.2, 0.25) is 0 Å². The largest absolute Gasteiger partial charge is 0.436 e. The Labute approximate surface area is 158 Å². The van der Waals surface area contributed by atoms with Gasteiger partial charge >= 0.3 is 6.18 Å². The van der Waals surface area contributed by atoms with Crippen molar-refractivity contribution in [3.63, 3.8) is 0 Å². The molecule has 0 fully saturated rings. The number of aryl methyl sites for hydroxylation is 2. The van der Waals surface area contributed by atoms with Crippen LogP contribution in [0.5, 0.6) is 0 Å². The Bertz CT molecular complexity index is 769. The minimum atomic E-state index is -4.53. The van der Waals surface area contributed by atoms with E-state index in [-0.39, 0.29) is 29.4 Å². The average Bonchev–Trinajstić information content (AvgIpc) is 2.87. The molecule has 0 aliphatic rings. The van der Waals surface area contributed by atoms with E-state index >= 15 is 0 Å². The molecule has 0 aliphatic heterocycles. The van der Waals surface area contributed by atoms with Gasteiger partial charge in [0.25, 0.3) is 0 Å². The fraction of sp³-hybridized carbons (Fsp3) is 0.444. The van der Waals surface area contributed by atoms with Gasteiger partial charge in [-0.05, 0) is 41.8 Å². The van der Waals surface area contributed by atoms with E-state index < -0.39 is 11.9 Å². The SMILES string of the molecule is CCC(NC(=O)CCn1nc(C(F)(F)F)c(Br)c1C)c1ccc(C)cc1. The first-order chi connectivity index (χ1) is 12.1. The molecule has 1 aromatic carbocycles. The van der Waals surface area contributed by atoms with Crippen LogP contribution < -0.4 is 5.32 Å². The number of aromatic nitrogens is 2. The van der Waals surface area contributed by atoms with E-state index in [1.54, 1.807) is 0 Å². The van der Waals surface area contributed by atoms with Crippen LogP contribution in [0.15, 0.2) is 28.7 Å². The number of nitrogens with zero attached hydrogens (tertiary/aromatic N) is 2. The Hall–Kier alpha value is -1.83. The number of amides is 1. The van der Waals surface area contributed by atoms with Gasteiger partial charge < -0.3 is 5.32 Å². The van der Waals surface area contributed by atoms with Gasteiger partial charge in [0.05, 0.1) is 22.8 Å². The molecule has 0 saturated heterocycles. The van der Waals surface area contributed by atoms with Gasteiger partial charge in [-0.1, -0.05) is 36.8 Å². The van der Waals surface area contributed by atoms with Crippen molar-refractivity contribution < 1.29 is 18.0 Å². The van der Waals surface area contributed by atoms with Crippen LogP contribution in [-0.4, -0.2) is 15.7 Å². The molecule has 2 aromatic rings. The first kappa shape index (κ1) is 20.5. The van der Waals surface area contributed by atoms with E-state index in [0.717, 1.165) is 17.5 Å². The first-order valence-electron chi connectivity index (χ1n) is 8.29. The molecule has 4 nitrogen and oxygen atoms in total. The Morgan fingerprint density at radius 3 is 2.38 bits per heavy atom. The minimum Gasteiger partial charge on any atom is -0.349 e. The Morgan fingerprint density at radius 1 is 1.27 bits per heavy atom. The van der Waals surface area contributed by atoms with E-state index in [0.29, 0.717) is 5.69 Å². The molecule has 1 unspecified atom stereocenters. The molecule has 0 radical (unpaired) electrons. The van der Waals surface area contributed by atoms with Crippen molar-refractivity contribution in [3.05, 3.63) is 51.3 Å². The Kier molecular flexibility index (Phi) is 6.49. The summed E-state index contributed by atoms with van der Waals surface area (Å²) in [6, 6.07) is 7.77. The molecule has 1 amide bonds. The van der Waals surface area contributed by atoms with E-state index in [2.05, 4.69) is 26.3 Å². The normalized spacial score (nSPS) is 12.9. The zero-order valence-corrected chi connectivity index (χ0v) is 16.4. The number of rotatable bonds is 6. The maximum atomic E-state index is 12.9. The maximum absolute atomic E-state index is 12.9. The molecular weight excluding hydrogens is 411 g/mol. The van der Waals surface area contributed by atoms with Crippen molar-refractivity contribution in [2.24, 2.45) is 0 Å². The summed E-state index contributed by atoms with van der Waals surface area (Å²) < 4.78 is 39.8. The van der Waals surface area contributed by atoms with Gasteiger partial charge in [-0.2, -0.15) is 18.3 Å². The van der Waals surface area contributed by atoms with E-state index in [1.807, 2.05) is 38.1 Å². The predicted molar refractivity (Wildman–Crippen MR) is 96.6 cm³/mol. The second kappa shape index (κ2) is 8.24. The van der Waals surface area contributed by atoms with E-state index in [1.165, 1.54) is 11.6 Å². The molecule has 0 bridgehead atoms. The number of carbonyl (C=O) groups excluding carboxylic acids is 1. The second-order valence-corrected chi connectivity index (χ2v) is 6.95. The number of alkyl halides is 3. The van der Waals surface area contributed by atoms with Crippen LogP contribution >= 0.6 is 15.9 Å². The Morgan fingerprint density at radius 2 is 1.88 bits per heavy atom. The van der Waals surface area contributed by atoms with Crippen LogP contribution in [0.3, 0.4) is 0 Å². The van der Waals surface area contributed by atoms with Crippen molar-refractivity contribution in [1.29, 1.82) is 0 Å². The van der Waals surface area contributed by atoms with Gasteiger partial charge in [0.15, 0.2) is 5.69 Å². The molecule has 8 heteroatoms. The number of hydrogen-bond donors (Lipinski definition) is 1. The minimum absolute atomic E-state index is 0.0502. The zero-order chi connectivity index (χ0) is 19.5. The lowest BCUT2D eigenvalue weighted by molar-refractivity contribution is -0.142. The van der Waals surface area contributed by atoms with Crippen LogP contribution in [0.1, 0.15) is 48.3 Å². The van der Waals surface area contributed by atoms with E-state index in [4.69, 9.17) is 0 Å². The summed E-state index contributed by atoms with van der Waals surface area (Å²) in [4.78, 5) is 12.2. The number of nitrogens with one attached hydrogen (secondary N) is 1. The van der Waals surface area contributed by atoms with Gasteiger partial charge in [-0.15, -0.1) is 0 Å². The third kappa shape index (κ3) is 4.87. The van der Waals surface area contributed by atoms with Crippen molar-refractivity contribution in [1.82, 2.24) is 15.1 Å². The summed E-state index contributed by atoms with van der Waals surface area (Å²) in [6.45, 7) is 5.57. The lowest BCUT2D eigenvalue weighted by Crippen LogP contribution is -2.29. The molecule has 0 saturated carbocycles. The third-order valence-corrected chi connectivity index (χ3v) is 5.13. The third-order valence-electron chi connectivity index (χ3n) is 4.18. The summed E-state index contributed by atoms with van der Waals surface area (Å²) in [5.74, 6) is -0.225. The molecule has 0 spiro atoms. The predicted octanol–water partition coefficient (Wildman–Crippen LogP) is 4.94. The van der Waals surface area contributed by atoms with E-state index in [9.17, 15) is 18.0 Å². The lowest BCUT2D eigenvalue weighted by Gasteiger charge is -2.18. The highest BCUT2D eigenvalue weighted by atomic mass is 79.9. The molecule has 26 heavy (non-hydrogen) atoms. The van der Waals surface area contributed by atoms with Gasteiger partial charge in [0, 0.05) is 6.42 Å². The van der Waals surface area contributed by atoms with Gasteiger partial charge in [-0.3, -0.25) is 9.48 Å². The first-order valence-corrected chi connectivity index (χ1v) is 9.08. The summed E-state index contributed by atoms with van der Waals surface area (Å²) in [7, 11) is 0. The highest BCUT2D eigenvalue weighted by Gasteiger charge is 2.37. The maximum Gasteiger partial charge on any atom is 0.436 e. The van der Waals surface area contributed by atoms with Gasteiger partial charge in [-0.25, -0.2) is 0 Å². The number of halogens is 4. The zero-order valence-electron chi connectivity index (χ0n) is 14.8. The molecule has 1 aromatic heterocycles. The molecule has 2 rings (SSSR count). The van der Waals surface area contributed by atoms with Crippen molar-refractivity contribution in [2.75, 3.05) is 0 Å². The monoisotopic (exact) mass is 431 g/mol. The topological polar surface area (TPSA) is 46.9 Å². The van der Waals surface area contributed by atoms with Gasteiger partial charge in [0.2, 0.25) is 5.91 Å². The fourth-order valence-electron chi connectivity index (χ4n) is 2.62. The van der Waals surface area contributed by atoms with Crippen molar-refractivity contribution in [2.45, 2.75) is 52.4 Å². The average molecular weight is 432 g/mol. The number of carbonyl (C=O) groups is 1.